The SMILES string of the molecule is CC1=CCC(C(C)OC=O)C(C)(C)C1. The van der Waals surface area contributed by atoms with Crippen LogP contribution in [0.4, 0.5) is 0 Å². The van der Waals surface area contributed by atoms with Crippen LogP contribution in [0.2, 0.25) is 0 Å². The molecule has 2 nitrogen and oxygen atoms in total. The second kappa shape index (κ2) is 4.16. The van der Waals surface area contributed by atoms with Gasteiger partial charge in [-0.1, -0.05) is 25.5 Å². The Hall–Kier alpha value is -0.790. The molecule has 0 N–H and O–H groups in total. The Morgan fingerprint density at radius 3 is 2.79 bits per heavy atom. The van der Waals surface area contributed by atoms with Crippen LogP contribution in [0.3, 0.4) is 0 Å². The van der Waals surface area contributed by atoms with E-state index >= 15 is 0 Å². The van der Waals surface area contributed by atoms with Gasteiger partial charge < -0.3 is 4.74 Å². The second-order valence-electron chi connectivity index (χ2n) is 5.00. The number of carbonyl (C=O) groups excluding carboxylic acids is 1. The fraction of sp³-hybridized carbons (Fsp3) is 0.750. The van der Waals surface area contributed by atoms with Gasteiger partial charge in [0.2, 0.25) is 0 Å². The topological polar surface area (TPSA) is 26.3 Å². The Bertz CT molecular complexity index is 241. The Morgan fingerprint density at radius 1 is 1.64 bits per heavy atom. The molecule has 0 aromatic carbocycles. The van der Waals surface area contributed by atoms with Gasteiger partial charge in [-0.05, 0) is 32.1 Å². The molecule has 2 heteroatoms. The van der Waals surface area contributed by atoms with Gasteiger partial charge in [0.15, 0.2) is 0 Å². The molecule has 0 spiro atoms. The molecule has 0 aliphatic heterocycles. The molecule has 80 valence electrons. The lowest BCUT2D eigenvalue weighted by atomic mass is 9.67. The average Bonchev–Trinajstić information content (AvgIpc) is 2.01. The third kappa shape index (κ3) is 2.37. The predicted octanol–water partition coefficient (Wildman–Crippen LogP) is 2.93. The molecule has 0 amide bonds. The summed E-state index contributed by atoms with van der Waals surface area (Å²) in [7, 11) is 0. The Labute approximate surface area is 86.3 Å². The van der Waals surface area contributed by atoms with Crippen LogP contribution < -0.4 is 0 Å². The number of hydrogen-bond donors (Lipinski definition) is 0. The fourth-order valence-corrected chi connectivity index (χ4v) is 2.58. The van der Waals surface area contributed by atoms with E-state index in [1.165, 1.54) is 5.57 Å². The summed E-state index contributed by atoms with van der Waals surface area (Å²) in [6.45, 7) is 9.21. The first-order chi connectivity index (χ1) is 6.47. The maximum Gasteiger partial charge on any atom is 0.293 e. The van der Waals surface area contributed by atoms with Crippen LogP contribution in [0.5, 0.6) is 0 Å². The van der Waals surface area contributed by atoms with Crippen LogP contribution in [0.15, 0.2) is 11.6 Å². The minimum absolute atomic E-state index is 0.0202. The van der Waals surface area contributed by atoms with Crippen LogP contribution in [-0.2, 0) is 9.53 Å². The van der Waals surface area contributed by atoms with Crippen molar-refractivity contribution in [3.8, 4) is 0 Å². The molecular formula is C12H20O2. The Kier molecular flexibility index (Phi) is 3.35. The molecule has 2 atom stereocenters. The molecule has 1 rings (SSSR count). The van der Waals surface area contributed by atoms with E-state index in [0.29, 0.717) is 12.4 Å². The molecule has 1 aliphatic rings. The van der Waals surface area contributed by atoms with Gasteiger partial charge in [0.1, 0.15) is 6.10 Å². The monoisotopic (exact) mass is 196 g/mol. The van der Waals surface area contributed by atoms with E-state index in [2.05, 4.69) is 26.8 Å². The summed E-state index contributed by atoms with van der Waals surface area (Å²) in [4.78, 5) is 10.3. The standard InChI is InChI=1S/C12H20O2/c1-9-5-6-11(10(2)14-8-13)12(3,4)7-9/h5,8,10-11H,6-7H2,1-4H3. The normalized spacial score (nSPS) is 27.7. The molecule has 0 bridgehead atoms. The molecule has 0 heterocycles. The van der Waals surface area contributed by atoms with E-state index in [-0.39, 0.29) is 11.5 Å². The molecule has 0 aromatic rings. The highest BCUT2D eigenvalue weighted by Gasteiger charge is 2.36. The lowest BCUT2D eigenvalue weighted by molar-refractivity contribution is -0.137. The van der Waals surface area contributed by atoms with E-state index in [0.717, 1.165) is 12.8 Å². The molecule has 0 aromatic heterocycles. The lowest BCUT2D eigenvalue weighted by Crippen LogP contribution is -2.36. The van der Waals surface area contributed by atoms with Crippen LogP contribution in [-0.4, -0.2) is 12.6 Å². The van der Waals surface area contributed by atoms with E-state index < -0.39 is 0 Å². The van der Waals surface area contributed by atoms with Gasteiger partial charge >= 0.3 is 0 Å². The zero-order chi connectivity index (χ0) is 10.8. The van der Waals surface area contributed by atoms with E-state index in [1.807, 2.05) is 6.92 Å². The fourth-order valence-electron chi connectivity index (χ4n) is 2.58. The van der Waals surface area contributed by atoms with E-state index in [1.54, 1.807) is 0 Å². The van der Waals surface area contributed by atoms with Crippen LogP contribution in [0, 0.1) is 11.3 Å². The Morgan fingerprint density at radius 2 is 2.29 bits per heavy atom. The van der Waals surface area contributed by atoms with Crippen molar-refractivity contribution in [2.45, 2.75) is 46.6 Å². The summed E-state index contributed by atoms with van der Waals surface area (Å²) in [5.41, 5.74) is 1.69. The quantitative estimate of drug-likeness (QED) is 0.512. The minimum atomic E-state index is 0.0202. The van der Waals surface area contributed by atoms with Gasteiger partial charge in [-0.3, -0.25) is 4.79 Å². The maximum absolute atomic E-state index is 10.3. The molecule has 0 radical (unpaired) electrons. The molecular weight excluding hydrogens is 176 g/mol. The number of carbonyl (C=O) groups is 1. The lowest BCUT2D eigenvalue weighted by Gasteiger charge is -2.40. The van der Waals surface area contributed by atoms with Crippen LogP contribution in [0.1, 0.15) is 40.5 Å². The van der Waals surface area contributed by atoms with E-state index in [9.17, 15) is 4.79 Å². The third-order valence-electron chi connectivity index (χ3n) is 3.30. The van der Waals surface area contributed by atoms with Crippen molar-refractivity contribution >= 4 is 6.47 Å². The van der Waals surface area contributed by atoms with Gasteiger partial charge in [0, 0.05) is 5.92 Å². The molecule has 2 unspecified atom stereocenters. The predicted molar refractivity (Wildman–Crippen MR) is 56.9 cm³/mol. The molecule has 1 aliphatic carbocycles. The zero-order valence-electron chi connectivity index (χ0n) is 9.54. The van der Waals surface area contributed by atoms with Crippen molar-refractivity contribution in [2.24, 2.45) is 11.3 Å². The zero-order valence-corrected chi connectivity index (χ0v) is 9.54. The number of rotatable bonds is 3. The van der Waals surface area contributed by atoms with Crippen molar-refractivity contribution in [3.05, 3.63) is 11.6 Å². The van der Waals surface area contributed by atoms with Gasteiger partial charge in [-0.15, -0.1) is 0 Å². The number of ether oxygens (including phenoxy) is 1. The van der Waals surface area contributed by atoms with Crippen LogP contribution in [0.25, 0.3) is 0 Å². The van der Waals surface area contributed by atoms with Gasteiger partial charge in [0.25, 0.3) is 6.47 Å². The summed E-state index contributed by atoms with van der Waals surface area (Å²) in [6, 6.07) is 0. The first-order valence-corrected chi connectivity index (χ1v) is 5.22. The largest absolute Gasteiger partial charge is 0.465 e. The highest BCUT2D eigenvalue weighted by Crippen LogP contribution is 2.42. The maximum atomic E-state index is 10.3. The minimum Gasteiger partial charge on any atom is -0.465 e. The van der Waals surface area contributed by atoms with Gasteiger partial charge in [0.05, 0.1) is 0 Å². The van der Waals surface area contributed by atoms with Crippen molar-refractivity contribution < 1.29 is 9.53 Å². The van der Waals surface area contributed by atoms with Crippen molar-refractivity contribution in [1.29, 1.82) is 0 Å². The first-order valence-electron chi connectivity index (χ1n) is 5.22. The third-order valence-corrected chi connectivity index (χ3v) is 3.30. The van der Waals surface area contributed by atoms with Gasteiger partial charge in [-0.2, -0.15) is 0 Å². The van der Waals surface area contributed by atoms with Crippen molar-refractivity contribution in [1.82, 2.24) is 0 Å². The highest BCUT2D eigenvalue weighted by atomic mass is 16.5. The average molecular weight is 196 g/mol. The number of hydrogen-bond acceptors (Lipinski definition) is 2. The van der Waals surface area contributed by atoms with Crippen molar-refractivity contribution in [3.63, 3.8) is 0 Å². The summed E-state index contributed by atoms with van der Waals surface area (Å²) in [5.74, 6) is 0.441. The molecule has 0 fully saturated rings. The first kappa shape index (κ1) is 11.3. The Balaban J connectivity index is 2.73. The highest BCUT2D eigenvalue weighted by molar-refractivity contribution is 5.37. The smallest absolute Gasteiger partial charge is 0.293 e. The van der Waals surface area contributed by atoms with E-state index in [4.69, 9.17) is 4.74 Å². The summed E-state index contributed by atoms with van der Waals surface area (Å²) < 4.78 is 5.04. The number of allylic oxidation sites excluding steroid dienone is 2. The van der Waals surface area contributed by atoms with Gasteiger partial charge in [-0.25, -0.2) is 0 Å². The second-order valence-corrected chi connectivity index (χ2v) is 5.00. The van der Waals surface area contributed by atoms with Crippen molar-refractivity contribution in [2.75, 3.05) is 0 Å². The van der Waals surface area contributed by atoms with Crippen LogP contribution >= 0.6 is 0 Å². The summed E-state index contributed by atoms with van der Waals surface area (Å²) in [5, 5.41) is 0. The molecule has 14 heavy (non-hydrogen) atoms. The summed E-state index contributed by atoms with van der Waals surface area (Å²) in [6.07, 6.45) is 4.41. The summed E-state index contributed by atoms with van der Waals surface area (Å²) >= 11 is 0. The molecule has 0 saturated heterocycles. The molecule has 0 saturated carbocycles.